The molecule has 0 aromatic heterocycles. The molecule has 0 spiro atoms. The molecule has 2 aromatic carbocycles. The topological polar surface area (TPSA) is 43.4 Å². The molecule has 0 saturated carbocycles. The Morgan fingerprint density at radius 1 is 1.04 bits per heavy atom. The number of rotatable bonds is 5. The smallest absolute Gasteiger partial charge is 0.331 e. The Morgan fingerprint density at radius 3 is 2.27 bits per heavy atom. The maximum Gasteiger partial charge on any atom is 0.331 e. The highest BCUT2D eigenvalue weighted by Crippen LogP contribution is 2.23. The second kappa shape index (κ2) is 8.52. The number of ether oxygens (including phenoxy) is 1. The maximum atomic E-state index is 12.1. The van der Waals surface area contributed by atoms with Crippen LogP contribution >= 0.6 is 23.2 Å². The van der Waals surface area contributed by atoms with Crippen LogP contribution in [-0.4, -0.2) is 18.4 Å². The van der Waals surface area contributed by atoms with E-state index in [0.29, 0.717) is 21.2 Å². The largest absolute Gasteiger partial charge is 0.454 e. The average molecular weight is 391 g/mol. The van der Waals surface area contributed by atoms with Gasteiger partial charge in [0.05, 0.1) is 0 Å². The fourth-order valence-electron chi connectivity index (χ4n) is 2.22. The van der Waals surface area contributed by atoms with E-state index in [1.165, 1.54) is 12.2 Å². The number of hydrogen-bond donors (Lipinski definition) is 0. The van der Waals surface area contributed by atoms with Gasteiger partial charge in [-0.2, -0.15) is 0 Å². The van der Waals surface area contributed by atoms with Gasteiger partial charge in [-0.05, 0) is 34.8 Å². The lowest BCUT2D eigenvalue weighted by molar-refractivity contribution is -0.136. The van der Waals surface area contributed by atoms with Gasteiger partial charge in [0.25, 0.3) is 0 Å². The van der Waals surface area contributed by atoms with Crippen molar-refractivity contribution in [2.24, 2.45) is 0 Å². The predicted molar refractivity (Wildman–Crippen MR) is 106 cm³/mol. The normalized spacial score (nSPS) is 11.6. The summed E-state index contributed by atoms with van der Waals surface area (Å²) in [6, 6.07) is 12.3. The summed E-state index contributed by atoms with van der Waals surface area (Å²) in [7, 11) is 0. The third-order valence-electron chi connectivity index (χ3n) is 3.78. The number of carbonyl (C=O) groups excluding carboxylic acids is 2. The summed E-state index contributed by atoms with van der Waals surface area (Å²) >= 11 is 11.8. The molecule has 0 atom stereocenters. The SMILES string of the molecule is CC(C)(C)c1ccc(C(=O)COC(=O)/C=C/c2ccc(Cl)cc2Cl)cc1. The molecule has 0 bridgehead atoms. The Balaban J connectivity index is 1.92. The molecule has 0 saturated heterocycles. The van der Waals surface area contributed by atoms with Crippen molar-refractivity contribution in [3.05, 3.63) is 75.3 Å². The fraction of sp³-hybridized carbons (Fsp3) is 0.238. The van der Waals surface area contributed by atoms with E-state index in [4.69, 9.17) is 27.9 Å². The minimum Gasteiger partial charge on any atom is -0.454 e. The first kappa shape index (κ1) is 20.2. The molecule has 0 fully saturated rings. The predicted octanol–water partition coefficient (Wildman–Crippen LogP) is 5.73. The zero-order chi connectivity index (χ0) is 19.3. The standard InChI is InChI=1S/C21H20Cl2O3/c1-21(2,3)16-8-4-15(5-9-16)19(24)13-26-20(25)11-7-14-6-10-17(22)12-18(14)23/h4-12H,13H2,1-3H3/b11-7+. The monoisotopic (exact) mass is 390 g/mol. The quantitative estimate of drug-likeness (QED) is 0.371. The molecule has 0 aliphatic rings. The number of carbonyl (C=O) groups is 2. The lowest BCUT2D eigenvalue weighted by Crippen LogP contribution is -2.14. The molecule has 26 heavy (non-hydrogen) atoms. The van der Waals surface area contributed by atoms with Crippen molar-refractivity contribution in [2.75, 3.05) is 6.61 Å². The van der Waals surface area contributed by atoms with Crippen LogP contribution in [0.2, 0.25) is 10.0 Å². The van der Waals surface area contributed by atoms with Crippen LogP contribution in [0.1, 0.15) is 42.3 Å². The van der Waals surface area contributed by atoms with Crippen LogP contribution in [0.4, 0.5) is 0 Å². The summed E-state index contributed by atoms with van der Waals surface area (Å²) in [4.78, 5) is 23.9. The number of Topliss-reactive ketones (excluding diaryl/α,β-unsaturated/α-hetero) is 1. The van der Waals surface area contributed by atoms with E-state index in [9.17, 15) is 9.59 Å². The van der Waals surface area contributed by atoms with Gasteiger partial charge in [0, 0.05) is 21.7 Å². The Kier molecular flexibility index (Phi) is 6.63. The molecule has 0 unspecified atom stereocenters. The summed E-state index contributed by atoms with van der Waals surface area (Å²) in [5, 5.41) is 0.939. The van der Waals surface area contributed by atoms with Gasteiger partial charge in [-0.1, -0.05) is 74.3 Å². The number of hydrogen-bond acceptors (Lipinski definition) is 3. The summed E-state index contributed by atoms with van der Waals surface area (Å²) in [5.41, 5.74) is 2.29. The second-order valence-electron chi connectivity index (χ2n) is 6.86. The lowest BCUT2D eigenvalue weighted by atomic mass is 9.86. The highest BCUT2D eigenvalue weighted by atomic mass is 35.5. The first-order valence-electron chi connectivity index (χ1n) is 8.10. The lowest BCUT2D eigenvalue weighted by Gasteiger charge is -2.18. The second-order valence-corrected chi connectivity index (χ2v) is 7.70. The Morgan fingerprint density at radius 2 is 1.69 bits per heavy atom. The van der Waals surface area contributed by atoms with E-state index in [2.05, 4.69) is 20.8 Å². The van der Waals surface area contributed by atoms with Crippen molar-refractivity contribution in [1.29, 1.82) is 0 Å². The van der Waals surface area contributed by atoms with Gasteiger partial charge in [-0.3, -0.25) is 4.79 Å². The van der Waals surface area contributed by atoms with Gasteiger partial charge in [0.15, 0.2) is 12.4 Å². The van der Waals surface area contributed by atoms with Crippen LogP contribution in [-0.2, 0) is 14.9 Å². The summed E-state index contributed by atoms with van der Waals surface area (Å²) in [6.07, 6.45) is 2.74. The van der Waals surface area contributed by atoms with E-state index < -0.39 is 5.97 Å². The highest BCUT2D eigenvalue weighted by molar-refractivity contribution is 6.35. The Hall–Kier alpha value is -2.10. The Labute approximate surface area is 163 Å². The molecule has 0 aliphatic carbocycles. The number of benzene rings is 2. The molecule has 5 heteroatoms. The third kappa shape index (κ3) is 5.72. The first-order chi connectivity index (χ1) is 12.2. The van der Waals surface area contributed by atoms with Crippen molar-refractivity contribution in [3.63, 3.8) is 0 Å². The van der Waals surface area contributed by atoms with Gasteiger partial charge in [-0.15, -0.1) is 0 Å². The van der Waals surface area contributed by atoms with Crippen LogP contribution in [0, 0.1) is 0 Å². The minimum absolute atomic E-state index is 0.0157. The van der Waals surface area contributed by atoms with Gasteiger partial charge in [0.2, 0.25) is 0 Å². The van der Waals surface area contributed by atoms with E-state index in [1.54, 1.807) is 30.3 Å². The van der Waals surface area contributed by atoms with Crippen molar-refractivity contribution < 1.29 is 14.3 Å². The molecule has 2 aromatic rings. The van der Waals surface area contributed by atoms with E-state index in [-0.39, 0.29) is 17.8 Å². The molecule has 3 nitrogen and oxygen atoms in total. The summed E-state index contributed by atoms with van der Waals surface area (Å²) in [6.45, 7) is 5.99. The first-order valence-corrected chi connectivity index (χ1v) is 8.86. The van der Waals surface area contributed by atoms with E-state index in [1.807, 2.05) is 12.1 Å². The van der Waals surface area contributed by atoms with Crippen LogP contribution in [0.3, 0.4) is 0 Å². The zero-order valence-corrected chi connectivity index (χ0v) is 16.4. The summed E-state index contributed by atoms with van der Waals surface area (Å²) in [5.74, 6) is -0.868. The van der Waals surface area contributed by atoms with Gasteiger partial charge in [-0.25, -0.2) is 4.79 Å². The highest BCUT2D eigenvalue weighted by Gasteiger charge is 2.14. The fourth-order valence-corrected chi connectivity index (χ4v) is 2.69. The molecule has 2 rings (SSSR count). The molecule has 0 amide bonds. The van der Waals surface area contributed by atoms with Crippen molar-refractivity contribution in [3.8, 4) is 0 Å². The molecular weight excluding hydrogens is 371 g/mol. The number of ketones is 1. The number of esters is 1. The molecule has 0 aliphatic heterocycles. The molecule has 0 radical (unpaired) electrons. The van der Waals surface area contributed by atoms with Crippen LogP contribution in [0.15, 0.2) is 48.5 Å². The van der Waals surface area contributed by atoms with Crippen LogP contribution < -0.4 is 0 Å². The molecule has 136 valence electrons. The molecular formula is C21H20Cl2O3. The van der Waals surface area contributed by atoms with Gasteiger partial charge < -0.3 is 4.74 Å². The zero-order valence-electron chi connectivity index (χ0n) is 14.9. The van der Waals surface area contributed by atoms with E-state index in [0.717, 1.165) is 5.56 Å². The van der Waals surface area contributed by atoms with Crippen molar-refractivity contribution in [1.82, 2.24) is 0 Å². The maximum absolute atomic E-state index is 12.1. The molecule has 0 N–H and O–H groups in total. The molecule has 0 heterocycles. The third-order valence-corrected chi connectivity index (χ3v) is 4.34. The van der Waals surface area contributed by atoms with Crippen molar-refractivity contribution in [2.45, 2.75) is 26.2 Å². The van der Waals surface area contributed by atoms with Crippen molar-refractivity contribution >= 4 is 41.0 Å². The number of halogens is 2. The van der Waals surface area contributed by atoms with Crippen LogP contribution in [0.25, 0.3) is 6.08 Å². The van der Waals surface area contributed by atoms with E-state index >= 15 is 0 Å². The average Bonchev–Trinajstić information content (AvgIpc) is 2.58. The summed E-state index contributed by atoms with van der Waals surface area (Å²) < 4.78 is 5.00. The minimum atomic E-state index is -0.615. The Bertz CT molecular complexity index is 831. The van der Waals surface area contributed by atoms with Gasteiger partial charge >= 0.3 is 5.97 Å². The van der Waals surface area contributed by atoms with Crippen LogP contribution in [0.5, 0.6) is 0 Å². The van der Waals surface area contributed by atoms with Gasteiger partial charge in [0.1, 0.15) is 0 Å².